The van der Waals surface area contributed by atoms with Crippen molar-refractivity contribution in [2.75, 3.05) is 13.2 Å². The number of hydrogen-bond donors (Lipinski definition) is 1. The van der Waals surface area contributed by atoms with Crippen LogP contribution in [0.2, 0.25) is 0 Å². The number of rotatable bonds is 5. The van der Waals surface area contributed by atoms with Crippen LogP contribution in [0.15, 0.2) is 0 Å². The third-order valence-corrected chi connectivity index (χ3v) is 4.72. The quantitative estimate of drug-likeness (QED) is 0.750. The van der Waals surface area contributed by atoms with Gasteiger partial charge in [-0.2, -0.15) is 0 Å². The minimum absolute atomic E-state index is 0.791. The highest BCUT2D eigenvalue weighted by Gasteiger charge is 2.22. The average Bonchev–Trinajstić information content (AvgIpc) is 2.63. The first kappa shape index (κ1) is 14.3. The lowest BCUT2D eigenvalue weighted by Gasteiger charge is -2.28. The van der Waals surface area contributed by atoms with Gasteiger partial charge in [-0.05, 0) is 51.4 Å². The molecule has 2 heteroatoms. The minimum Gasteiger partial charge on any atom is -0.381 e. The molecule has 0 bridgehead atoms. The molecular formula is C16H31NO. The molecule has 2 rings (SSSR count). The van der Waals surface area contributed by atoms with E-state index in [9.17, 15) is 0 Å². The number of nitrogens with one attached hydrogen (secondary N) is 1. The summed E-state index contributed by atoms with van der Waals surface area (Å²) in [5.74, 6) is 0.822. The summed E-state index contributed by atoms with van der Waals surface area (Å²) in [6, 6.07) is 1.62. The second kappa shape index (κ2) is 8.16. The summed E-state index contributed by atoms with van der Waals surface area (Å²) in [4.78, 5) is 0. The van der Waals surface area contributed by atoms with Crippen LogP contribution in [-0.4, -0.2) is 25.3 Å². The maximum absolute atomic E-state index is 5.59. The molecule has 0 heterocycles. The van der Waals surface area contributed by atoms with Crippen LogP contribution in [0.25, 0.3) is 0 Å². The van der Waals surface area contributed by atoms with Crippen LogP contribution in [0, 0.1) is 5.92 Å². The highest BCUT2D eigenvalue weighted by atomic mass is 16.5. The van der Waals surface area contributed by atoms with Gasteiger partial charge in [0.15, 0.2) is 0 Å². The zero-order valence-electron chi connectivity index (χ0n) is 12.1. The summed E-state index contributed by atoms with van der Waals surface area (Å²) in [6.07, 6.45) is 14.1. The average molecular weight is 253 g/mol. The van der Waals surface area contributed by atoms with Crippen molar-refractivity contribution in [3.63, 3.8) is 0 Å². The molecule has 0 spiro atoms. The van der Waals surface area contributed by atoms with Gasteiger partial charge in [-0.1, -0.05) is 25.7 Å². The number of ether oxygens (including phenoxy) is 1. The molecule has 2 nitrogen and oxygen atoms in total. The van der Waals surface area contributed by atoms with Crippen molar-refractivity contribution in [1.82, 2.24) is 5.32 Å². The molecular weight excluding hydrogens is 222 g/mol. The highest BCUT2D eigenvalue weighted by molar-refractivity contribution is 4.80. The van der Waals surface area contributed by atoms with Crippen molar-refractivity contribution in [3.05, 3.63) is 0 Å². The van der Waals surface area contributed by atoms with Gasteiger partial charge in [-0.15, -0.1) is 0 Å². The fourth-order valence-electron chi connectivity index (χ4n) is 3.60. The summed E-state index contributed by atoms with van der Waals surface area (Å²) in [7, 11) is 0. The van der Waals surface area contributed by atoms with Crippen LogP contribution in [0.3, 0.4) is 0 Å². The molecule has 18 heavy (non-hydrogen) atoms. The molecule has 0 amide bonds. The Hall–Kier alpha value is -0.0800. The molecule has 0 aliphatic heterocycles. The Morgan fingerprint density at radius 3 is 2.33 bits per heavy atom. The summed E-state index contributed by atoms with van der Waals surface area (Å²) in [6.45, 7) is 3.97. The molecule has 0 saturated heterocycles. The standard InChI is InChI=1S/C16H31NO/c1-2-18-13-14-7-6-10-16(12-11-14)17-15-8-4-3-5-9-15/h14-17H,2-13H2,1H3/t14-,16-/m0/s1. The summed E-state index contributed by atoms with van der Waals surface area (Å²) in [5.41, 5.74) is 0. The molecule has 2 fully saturated rings. The number of hydrogen-bond acceptors (Lipinski definition) is 2. The molecule has 2 atom stereocenters. The Morgan fingerprint density at radius 1 is 0.833 bits per heavy atom. The molecule has 2 aliphatic rings. The Labute approximate surface area is 113 Å². The molecule has 1 N–H and O–H groups in total. The lowest BCUT2D eigenvalue weighted by molar-refractivity contribution is 0.104. The van der Waals surface area contributed by atoms with Gasteiger partial charge >= 0.3 is 0 Å². The predicted octanol–water partition coefficient (Wildman–Crippen LogP) is 3.89. The first-order valence-electron chi connectivity index (χ1n) is 8.22. The van der Waals surface area contributed by atoms with E-state index in [1.807, 2.05) is 0 Å². The van der Waals surface area contributed by atoms with Crippen molar-refractivity contribution in [2.24, 2.45) is 5.92 Å². The molecule has 2 saturated carbocycles. The second-order valence-corrected chi connectivity index (χ2v) is 6.23. The Balaban J connectivity index is 1.67. The van der Waals surface area contributed by atoms with E-state index < -0.39 is 0 Å². The van der Waals surface area contributed by atoms with E-state index in [0.717, 1.165) is 31.2 Å². The van der Waals surface area contributed by atoms with Gasteiger partial charge in [0.05, 0.1) is 0 Å². The fourth-order valence-corrected chi connectivity index (χ4v) is 3.60. The van der Waals surface area contributed by atoms with Crippen molar-refractivity contribution in [3.8, 4) is 0 Å². The largest absolute Gasteiger partial charge is 0.381 e. The minimum atomic E-state index is 0.791. The van der Waals surface area contributed by atoms with E-state index in [1.165, 1.54) is 64.2 Å². The van der Waals surface area contributed by atoms with Gasteiger partial charge in [0.25, 0.3) is 0 Å². The van der Waals surface area contributed by atoms with E-state index >= 15 is 0 Å². The lowest BCUT2D eigenvalue weighted by Crippen LogP contribution is -2.39. The van der Waals surface area contributed by atoms with Crippen LogP contribution in [0.5, 0.6) is 0 Å². The maximum atomic E-state index is 5.59. The lowest BCUT2D eigenvalue weighted by atomic mass is 9.94. The van der Waals surface area contributed by atoms with Crippen LogP contribution in [0.4, 0.5) is 0 Å². The second-order valence-electron chi connectivity index (χ2n) is 6.23. The summed E-state index contributed by atoms with van der Waals surface area (Å²) in [5, 5.41) is 3.93. The van der Waals surface area contributed by atoms with Gasteiger partial charge in [-0.3, -0.25) is 0 Å². The van der Waals surface area contributed by atoms with E-state index in [0.29, 0.717) is 0 Å². The van der Waals surface area contributed by atoms with Crippen molar-refractivity contribution in [2.45, 2.75) is 83.2 Å². The molecule has 0 radical (unpaired) electrons. The van der Waals surface area contributed by atoms with Crippen LogP contribution < -0.4 is 5.32 Å². The van der Waals surface area contributed by atoms with Crippen molar-refractivity contribution < 1.29 is 4.74 Å². The van der Waals surface area contributed by atoms with Crippen LogP contribution >= 0.6 is 0 Å². The zero-order chi connectivity index (χ0) is 12.6. The van der Waals surface area contributed by atoms with Gasteiger partial charge in [0.2, 0.25) is 0 Å². The Morgan fingerprint density at radius 2 is 1.56 bits per heavy atom. The van der Waals surface area contributed by atoms with Gasteiger partial charge in [0, 0.05) is 25.3 Å². The summed E-state index contributed by atoms with van der Waals surface area (Å²) >= 11 is 0. The van der Waals surface area contributed by atoms with Gasteiger partial charge in [-0.25, -0.2) is 0 Å². The third-order valence-electron chi connectivity index (χ3n) is 4.72. The van der Waals surface area contributed by atoms with E-state index in [2.05, 4.69) is 12.2 Å². The summed E-state index contributed by atoms with van der Waals surface area (Å²) < 4.78 is 5.59. The molecule has 106 valence electrons. The van der Waals surface area contributed by atoms with Crippen LogP contribution in [-0.2, 0) is 4.74 Å². The van der Waals surface area contributed by atoms with Crippen LogP contribution in [0.1, 0.15) is 71.1 Å². The topological polar surface area (TPSA) is 21.3 Å². The van der Waals surface area contributed by atoms with E-state index in [4.69, 9.17) is 4.74 Å². The predicted molar refractivity (Wildman–Crippen MR) is 76.9 cm³/mol. The monoisotopic (exact) mass is 253 g/mol. The van der Waals surface area contributed by atoms with Crippen molar-refractivity contribution in [1.29, 1.82) is 0 Å². The Bertz CT molecular complexity index is 213. The SMILES string of the molecule is CCOC[C@H]1CCC[C@H](NC2CCCCC2)CC1. The van der Waals surface area contributed by atoms with Crippen molar-refractivity contribution >= 4 is 0 Å². The third kappa shape index (κ3) is 4.89. The zero-order valence-corrected chi connectivity index (χ0v) is 12.1. The molecule has 0 aromatic rings. The molecule has 2 aliphatic carbocycles. The van der Waals surface area contributed by atoms with E-state index in [1.54, 1.807) is 0 Å². The maximum Gasteiger partial charge on any atom is 0.0494 e. The molecule has 0 aromatic heterocycles. The first-order valence-corrected chi connectivity index (χ1v) is 8.22. The Kier molecular flexibility index (Phi) is 6.50. The van der Waals surface area contributed by atoms with Gasteiger partial charge < -0.3 is 10.1 Å². The molecule has 0 unspecified atom stereocenters. The molecule has 0 aromatic carbocycles. The first-order chi connectivity index (χ1) is 8.88. The smallest absolute Gasteiger partial charge is 0.0494 e. The van der Waals surface area contributed by atoms with Gasteiger partial charge in [0.1, 0.15) is 0 Å². The fraction of sp³-hybridized carbons (Fsp3) is 1.00. The normalized spacial score (nSPS) is 31.2. The highest BCUT2D eigenvalue weighted by Crippen LogP contribution is 2.25. The van der Waals surface area contributed by atoms with E-state index in [-0.39, 0.29) is 0 Å².